The van der Waals surface area contributed by atoms with E-state index >= 15 is 0 Å². The van der Waals surface area contributed by atoms with Crippen LogP contribution < -0.4 is 5.73 Å². The van der Waals surface area contributed by atoms with Gasteiger partial charge in [-0.1, -0.05) is 60.7 Å². The Hall–Kier alpha value is -0.567. The molecule has 0 spiro atoms. The topological polar surface area (TPSA) is 109 Å². The molecule has 2 rings (SSSR count). The molecule has 0 aromatic heterocycles. The van der Waals surface area contributed by atoms with Crippen molar-refractivity contribution < 1.29 is 51.8 Å². The van der Waals surface area contributed by atoms with Crippen LogP contribution in [0.1, 0.15) is 38.8 Å². The Morgan fingerprint density at radius 1 is 0.722 bits per heavy atom. The Kier molecular flexibility index (Phi) is 23.4. The molecule has 13 heteroatoms. The van der Waals surface area contributed by atoms with E-state index < -0.39 is 19.5 Å². The van der Waals surface area contributed by atoms with Crippen LogP contribution in [0.4, 0.5) is 4.79 Å². The summed E-state index contributed by atoms with van der Waals surface area (Å²) in [5.41, 5.74) is 6.85. The Bertz CT molecular complexity index is 820. The second kappa shape index (κ2) is 22.4. The molecule has 200 valence electrons. The van der Waals surface area contributed by atoms with E-state index in [1.165, 1.54) is 11.1 Å². The second-order valence-electron chi connectivity index (χ2n) is 6.46. The van der Waals surface area contributed by atoms with Crippen molar-refractivity contribution in [2.24, 2.45) is 5.73 Å². The molecule has 0 unspecified atom stereocenters. The van der Waals surface area contributed by atoms with Gasteiger partial charge in [-0.05, 0) is 75.3 Å². The largest absolute Gasteiger partial charge is 0.465 e. The van der Waals surface area contributed by atoms with Crippen molar-refractivity contribution in [1.82, 2.24) is 0 Å². The average molecular weight is 631 g/mol. The minimum atomic E-state index is -2.87. The first-order valence-electron chi connectivity index (χ1n) is 11.2. The van der Waals surface area contributed by atoms with Crippen LogP contribution in [0.5, 0.6) is 0 Å². The minimum Gasteiger partial charge on any atom is -0.465 e. The molecule has 3 N–H and O–H groups in total. The summed E-state index contributed by atoms with van der Waals surface area (Å²) in [6, 6.07) is 21.2. The third kappa shape index (κ3) is 19.5. The maximum Gasteiger partial charge on any atom is 0.402 e. The number of amides is 1. The van der Waals surface area contributed by atoms with Crippen LogP contribution >= 0.6 is 13.4 Å². The van der Waals surface area contributed by atoms with Gasteiger partial charge in [-0.25, -0.2) is 9.11 Å². The fourth-order valence-corrected chi connectivity index (χ4v) is 8.87. The first-order chi connectivity index (χ1) is 16.6. The van der Waals surface area contributed by atoms with Crippen LogP contribution in [-0.2, 0) is 78.3 Å². The SMILES string of the molecule is CCOP(=S)(OCC)OP(=S)(OCC)OCC.NC(=O)O.[Zn].c1ccc(CCc2ccccc2)cc1. The maximum atomic E-state index is 8.78. The summed E-state index contributed by atoms with van der Waals surface area (Å²) in [7, 11) is 0. The zero-order valence-electron chi connectivity index (χ0n) is 21.4. The molecule has 0 atom stereocenters. The number of hydrogen-bond acceptors (Lipinski definition) is 8. The predicted octanol–water partition coefficient (Wildman–Crippen LogP) is 6.69. The summed E-state index contributed by atoms with van der Waals surface area (Å²) < 4.78 is 26.9. The zero-order valence-corrected chi connectivity index (χ0v) is 27.8. The fraction of sp³-hybridized carbons (Fsp3) is 0.435. The summed E-state index contributed by atoms with van der Waals surface area (Å²) in [4.78, 5) is 8.78. The van der Waals surface area contributed by atoms with E-state index in [1.807, 2.05) is 27.7 Å². The molecule has 0 radical (unpaired) electrons. The van der Waals surface area contributed by atoms with Gasteiger partial charge in [0.25, 0.3) is 0 Å². The monoisotopic (exact) mass is 629 g/mol. The van der Waals surface area contributed by atoms with E-state index in [0.717, 1.165) is 12.8 Å². The van der Waals surface area contributed by atoms with Crippen molar-refractivity contribution in [2.75, 3.05) is 26.4 Å². The van der Waals surface area contributed by atoms with Gasteiger partial charge in [0.05, 0.1) is 26.4 Å². The van der Waals surface area contributed by atoms with Crippen LogP contribution in [0.25, 0.3) is 0 Å². The van der Waals surface area contributed by atoms with Crippen LogP contribution in [0.15, 0.2) is 60.7 Å². The summed E-state index contributed by atoms with van der Waals surface area (Å²) in [5, 5.41) is 7.19. The quantitative estimate of drug-likeness (QED) is 0.185. The van der Waals surface area contributed by atoms with Gasteiger partial charge in [0.1, 0.15) is 0 Å². The van der Waals surface area contributed by atoms with Gasteiger partial charge in [0.15, 0.2) is 0 Å². The fourth-order valence-electron chi connectivity index (χ4n) is 2.50. The van der Waals surface area contributed by atoms with Crippen LogP contribution in [0, 0.1) is 0 Å². The number of carbonyl (C=O) groups is 1. The number of nitrogens with two attached hydrogens (primary N) is 1. The third-order valence-electron chi connectivity index (χ3n) is 3.74. The molecule has 0 aliphatic rings. The average Bonchev–Trinajstić information content (AvgIpc) is 2.79. The van der Waals surface area contributed by atoms with Gasteiger partial charge in [0, 0.05) is 19.5 Å². The normalized spacial score (nSPS) is 10.7. The second-order valence-corrected chi connectivity index (χ2v) is 12.6. The van der Waals surface area contributed by atoms with E-state index in [0.29, 0.717) is 26.4 Å². The van der Waals surface area contributed by atoms with Gasteiger partial charge in [0.2, 0.25) is 0 Å². The van der Waals surface area contributed by atoms with Gasteiger partial charge in [-0.15, -0.1) is 0 Å². The van der Waals surface area contributed by atoms with E-state index in [1.54, 1.807) is 0 Å². The molecular formula is C23H37NO7P2S2Zn. The molecule has 1 amide bonds. The first-order valence-corrected chi connectivity index (χ1v) is 16.3. The molecule has 36 heavy (non-hydrogen) atoms. The number of carboxylic acid groups (broad SMARTS) is 1. The van der Waals surface area contributed by atoms with E-state index in [4.69, 9.17) is 55.9 Å². The van der Waals surface area contributed by atoms with Crippen molar-refractivity contribution in [3.63, 3.8) is 0 Å². The number of benzene rings is 2. The molecular weight excluding hydrogens is 594 g/mol. The van der Waals surface area contributed by atoms with Crippen molar-refractivity contribution in [3.05, 3.63) is 71.8 Å². The van der Waals surface area contributed by atoms with Gasteiger partial charge >= 0.3 is 19.5 Å². The first kappa shape index (κ1) is 37.6. The summed E-state index contributed by atoms with van der Waals surface area (Å²) >= 11 is 10.4. The third-order valence-corrected chi connectivity index (χ3v) is 10.1. The van der Waals surface area contributed by atoms with Crippen molar-refractivity contribution >= 4 is 43.1 Å². The smallest absolute Gasteiger partial charge is 0.402 e. The van der Waals surface area contributed by atoms with Crippen LogP contribution in [-0.4, -0.2) is 37.6 Å². The molecule has 0 aliphatic heterocycles. The summed E-state index contributed by atoms with van der Waals surface area (Å²) in [6.45, 7) is 3.09. The maximum absolute atomic E-state index is 8.78. The van der Waals surface area contributed by atoms with Gasteiger partial charge < -0.3 is 28.9 Å². The van der Waals surface area contributed by atoms with E-state index in [9.17, 15) is 0 Å². The summed E-state index contributed by atoms with van der Waals surface area (Å²) in [5.74, 6) is 0. The number of aryl methyl sites for hydroxylation is 2. The Balaban J connectivity index is 0. The molecule has 0 aliphatic carbocycles. The van der Waals surface area contributed by atoms with E-state index in [-0.39, 0.29) is 19.5 Å². The number of rotatable bonds is 13. The molecule has 0 heterocycles. The molecule has 0 saturated carbocycles. The number of primary amides is 1. The summed E-state index contributed by atoms with van der Waals surface area (Å²) in [6.07, 6.45) is 0.926. The molecule has 8 nitrogen and oxygen atoms in total. The standard InChI is InChI=1S/C14H14.C8H20O5P2S2.CH3NO2.Zn/c1-3-7-13(8-4-1)11-12-14-9-5-2-6-10-14;1-5-9-14(16,10-6-2)13-15(17,11-7-3)12-8-4;2-1(3)4;/h1-10H,11-12H2;5-8H2,1-4H3;2H2,(H,3,4);. The van der Waals surface area contributed by atoms with E-state index in [2.05, 4.69) is 66.4 Å². The molecule has 0 fully saturated rings. The Morgan fingerprint density at radius 3 is 1.19 bits per heavy atom. The van der Waals surface area contributed by atoms with Crippen molar-refractivity contribution in [1.29, 1.82) is 0 Å². The van der Waals surface area contributed by atoms with Crippen molar-refractivity contribution in [3.8, 4) is 0 Å². The predicted molar refractivity (Wildman–Crippen MR) is 149 cm³/mol. The molecule has 0 saturated heterocycles. The van der Waals surface area contributed by atoms with Gasteiger partial charge in [-0.3, -0.25) is 0 Å². The Labute approximate surface area is 238 Å². The number of hydrogen-bond donors (Lipinski definition) is 2. The molecule has 2 aromatic carbocycles. The van der Waals surface area contributed by atoms with Crippen molar-refractivity contribution in [2.45, 2.75) is 40.5 Å². The molecule has 0 bridgehead atoms. The zero-order chi connectivity index (χ0) is 26.6. The Morgan fingerprint density at radius 2 is 0.972 bits per heavy atom. The van der Waals surface area contributed by atoms with Crippen LogP contribution in [0.2, 0.25) is 0 Å². The van der Waals surface area contributed by atoms with Crippen LogP contribution in [0.3, 0.4) is 0 Å². The molecule has 2 aromatic rings. The minimum absolute atomic E-state index is 0. The van der Waals surface area contributed by atoms with Gasteiger partial charge in [-0.2, -0.15) is 0 Å².